The van der Waals surface area contributed by atoms with E-state index < -0.39 is 5.66 Å². The van der Waals surface area contributed by atoms with Gasteiger partial charge >= 0.3 is 0 Å². The number of nitrogens with zero attached hydrogens (tertiary/aromatic N) is 2. The van der Waals surface area contributed by atoms with Gasteiger partial charge < -0.3 is 10.4 Å². The van der Waals surface area contributed by atoms with Gasteiger partial charge in [0.25, 0.3) is 0 Å². The maximum atomic E-state index is 9.59. The fourth-order valence-corrected chi connectivity index (χ4v) is 1.48. The average Bonchev–Trinajstić information content (AvgIpc) is 1.94. The molecule has 0 radical (unpaired) electrons. The van der Waals surface area contributed by atoms with Crippen molar-refractivity contribution in [2.24, 2.45) is 0 Å². The molecule has 4 heteroatoms. The highest BCUT2D eigenvalue weighted by Gasteiger charge is 2.49. The summed E-state index contributed by atoms with van der Waals surface area (Å²) >= 11 is 0. The highest BCUT2D eigenvalue weighted by Crippen LogP contribution is 2.33. The van der Waals surface area contributed by atoms with Gasteiger partial charge in [0.15, 0.2) is 0 Å². The van der Waals surface area contributed by atoms with Crippen molar-refractivity contribution in [1.29, 1.82) is 0 Å². The second-order valence-corrected chi connectivity index (χ2v) is 4.18. The lowest BCUT2D eigenvalue weighted by molar-refractivity contribution is -0.257. The minimum Gasteiger partial charge on any atom is -0.312 e. The van der Waals surface area contributed by atoms with Crippen molar-refractivity contribution >= 4 is 0 Å². The highest BCUT2D eigenvalue weighted by molar-refractivity contribution is 4.94. The fraction of sp³-hybridized carbons (Fsp3) is 1.00. The zero-order valence-electron chi connectivity index (χ0n) is 7.50. The summed E-state index contributed by atoms with van der Waals surface area (Å²) in [6.45, 7) is 7.75. The molecule has 0 amide bonds. The van der Waals surface area contributed by atoms with Crippen LogP contribution in [0.1, 0.15) is 27.7 Å². The molecular formula is C7H16N2O2. The van der Waals surface area contributed by atoms with Gasteiger partial charge in [0.2, 0.25) is 0 Å². The molecule has 1 rings (SSSR count). The second kappa shape index (κ2) is 2.17. The first-order chi connectivity index (χ1) is 4.78. The molecule has 0 unspecified atom stereocenters. The van der Waals surface area contributed by atoms with Gasteiger partial charge in [0.05, 0.1) is 5.54 Å². The highest BCUT2D eigenvalue weighted by atomic mass is 16.6. The molecule has 66 valence electrons. The van der Waals surface area contributed by atoms with E-state index in [1.54, 1.807) is 13.8 Å². The Bertz CT molecular complexity index is 168. The van der Waals surface area contributed by atoms with Crippen LogP contribution in [0, 0.1) is 0 Å². The third-order valence-corrected chi connectivity index (χ3v) is 2.26. The third kappa shape index (κ3) is 1.16. The van der Waals surface area contributed by atoms with Crippen LogP contribution in [-0.2, 0) is 0 Å². The standard InChI is InChI=1S/C7H16N2O2/c1-6(2)5-8(10)7(3,4)9(6)11/h10-11H,5H2,1-4H3. The topological polar surface area (TPSA) is 46.9 Å². The van der Waals surface area contributed by atoms with Gasteiger partial charge in [-0.1, -0.05) is 0 Å². The molecule has 1 saturated heterocycles. The Hall–Kier alpha value is -0.160. The first-order valence-corrected chi connectivity index (χ1v) is 3.74. The Morgan fingerprint density at radius 2 is 1.55 bits per heavy atom. The Kier molecular flexibility index (Phi) is 1.76. The van der Waals surface area contributed by atoms with Crippen LogP contribution in [0.15, 0.2) is 0 Å². The minimum atomic E-state index is -0.677. The van der Waals surface area contributed by atoms with Crippen LogP contribution in [0.4, 0.5) is 0 Å². The summed E-state index contributed by atoms with van der Waals surface area (Å²) in [6.07, 6.45) is 0. The molecule has 0 aromatic carbocycles. The van der Waals surface area contributed by atoms with Gasteiger partial charge in [0, 0.05) is 6.54 Å². The maximum Gasteiger partial charge on any atom is 0.116 e. The molecule has 0 aromatic rings. The smallest absolute Gasteiger partial charge is 0.116 e. The van der Waals surface area contributed by atoms with Crippen LogP contribution in [0.25, 0.3) is 0 Å². The van der Waals surface area contributed by atoms with Gasteiger partial charge in [0.1, 0.15) is 5.66 Å². The first-order valence-electron chi connectivity index (χ1n) is 3.74. The van der Waals surface area contributed by atoms with Crippen molar-refractivity contribution in [2.45, 2.75) is 38.9 Å². The Morgan fingerprint density at radius 1 is 1.09 bits per heavy atom. The lowest BCUT2D eigenvalue weighted by Gasteiger charge is -2.33. The number of hydrogen-bond acceptors (Lipinski definition) is 4. The summed E-state index contributed by atoms with van der Waals surface area (Å²) in [5, 5.41) is 21.3. The van der Waals surface area contributed by atoms with Gasteiger partial charge in [-0.05, 0) is 27.7 Å². The lowest BCUT2D eigenvalue weighted by Crippen LogP contribution is -2.49. The van der Waals surface area contributed by atoms with Crippen LogP contribution in [0.3, 0.4) is 0 Å². The van der Waals surface area contributed by atoms with Crippen LogP contribution in [0.2, 0.25) is 0 Å². The van der Waals surface area contributed by atoms with E-state index in [2.05, 4.69) is 0 Å². The third-order valence-electron chi connectivity index (χ3n) is 2.26. The molecule has 0 bridgehead atoms. The summed E-state index contributed by atoms with van der Waals surface area (Å²) in [7, 11) is 0. The van der Waals surface area contributed by atoms with E-state index in [1.165, 1.54) is 5.06 Å². The average molecular weight is 160 g/mol. The SMILES string of the molecule is CC1(C)CN(O)C(C)(C)N1O. The second-order valence-electron chi connectivity index (χ2n) is 4.18. The monoisotopic (exact) mass is 160 g/mol. The van der Waals surface area contributed by atoms with E-state index in [1.807, 2.05) is 13.8 Å². The molecule has 1 aliphatic rings. The summed E-state index contributed by atoms with van der Waals surface area (Å²) in [5.41, 5.74) is -1.05. The zero-order valence-corrected chi connectivity index (χ0v) is 7.50. The molecule has 0 atom stereocenters. The van der Waals surface area contributed by atoms with Gasteiger partial charge in [-0.25, -0.2) is 0 Å². The summed E-state index contributed by atoms with van der Waals surface area (Å²) in [4.78, 5) is 0. The fourth-order valence-electron chi connectivity index (χ4n) is 1.48. The van der Waals surface area contributed by atoms with Crippen LogP contribution in [0.5, 0.6) is 0 Å². The lowest BCUT2D eigenvalue weighted by atomic mass is 10.1. The van der Waals surface area contributed by atoms with E-state index in [4.69, 9.17) is 0 Å². The molecule has 11 heavy (non-hydrogen) atoms. The van der Waals surface area contributed by atoms with Crippen molar-refractivity contribution in [3.05, 3.63) is 0 Å². The van der Waals surface area contributed by atoms with Crippen molar-refractivity contribution in [2.75, 3.05) is 6.54 Å². The first kappa shape index (κ1) is 8.93. The van der Waals surface area contributed by atoms with Crippen molar-refractivity contribution in [1.82, 2.24) is 10.1 Å². The van der Waals surface area contributed by atoms with Gasteiger partial charge in [-0.3, -0.25) is 0 Å². The zero-order chi connectivity index (χ0) is 8.86. The number of hydrogen-bond donors (Lipinski definition) is 2. The quantitative estimate of drug-likeness (QED) is 0.552. The van der Waals surface area contributed by atoms with Crippen LogP contribution < -0.4 is 0 Å². The van der Waals surface area contributed by atoms with Crippen LogP contribution in [-0.4, -0.2) is 38.3 Å². The van der Waals surface area contributed by atoms with E-state index in [0.717, 1.165) is 5.06 Å². The van der Waals surface area contributed by atoms with Gasteiger partial charge in [-0.2, -0.15) is 10.1 Å². The maximum absolute atomic E-state index is 9.59. The summed E-state index contributed by atoms with van der Waals surface area (Å²) < 4.78 is 0. The molecule has 1 aliphatic heterocycles. The molecule has 1 fully saturated rings. The van der Waals surface area contributed by atoms with Crippen LogP contribution >= 0.6 is 0 Å². The van der Waals surface area contributed by atoms with E-state index >= 15 is 0 Å². The molecule has 0 spiro atoms. The van der Waals surface area contributed by atoms with Crippen molar-refractivity contribution in [3.8, 4) is 0 Å². The van der Waals surface area contributed by atoms with E-state index in [0.29, 0.717) is 6.54 Å². The summed E-state index contributed by atoms with van der Waals surface area (Å²) in [5.74, 6) is 0. The Balaban J connectivity index is 2.89. The van der Waals surface area contributed by atoms with E-state index in [-0.39, 0.29) is 5.54 Å². The molecule has 1 heterocycles. The summed E-state index contributed by atoms with van der Waals surface area (Å²) in [6, 6.07) is 0. The predicted octanol–water partition coefficient (Wildman–Crippen LogP) is 0.897. The Labute approximate surface area is 66.9 Å². The van der Waals surface area contributed by atoms with Crippen molar-refractivity contribution < 1.29 is 10.4 Å². The Morgan fingerprint density at radius 3 is 1.64 bits per heavy atom. The van der Waals surface area contributed by atoms with E-state index in [9.17, 15) is 10.4 Å². The molecule has 0 aromatic heterocycles. The minimum absolute atomic E-state index is 0.377. The normalized spacial score (nSPS) is 31.1. The molecular weight excluding hydrogens is 144 g/mol. The number of hydroxylamine groups is 4. The molecule has 2 N–H and O–H groups in total. The molecule has 4 nitrogen and oxygen atoms in total. The largest absolute Gasteiger partial charge is 0.312 e. The predicted molar refractivity (Wildman–Crippen MR) is 40.3 cm³/mol. The van der Waals surface area contributed by atoms with Gasteiger partial charge in [-0.15, -0.1) is 0 Å². The molecule has 0 saturated carbocycles. The number of rotatable bonds is 0. The molecule has 0 aliphatic carbocycles. The van der Waals surface area contributed by atoms with Crippen molar-refractivity contribution in [3.63, 3.8) is 0 Å².